The first-order valence-electron chi connectivity index (χ1n) is 5.31. The fraction of sp³-hybridized carbons (Fsp3) is 0.167. The van der Waals surface area contributed by atoms with E-state index >= 15 is 0 Å². The highest BCUT2D eigenvalue weighted by atomic mass is 32.2. The zero-order valence-electron chi connectivity index (χ0n) is 10.1. The van der Waals surface area contributed by atoms with Crippen LogP contribution in [0.2, 0.25) is 0 Å². The minimum Gasteiger partial charge on any atom is -0.394 e. The molecule has 0 aliphatic heterocycles. The van der Waals surface area contributed by atoms with Crippen LogP contribution in [-0.4, -0.2) is 25.8 Å². The van der Waals surface area contributed by atoms with E-state index in [1.165, 1.54) is 12.2 Å². The molecule has 0 aliphatic rings. The fourth-order valence-corrected chi connectivity index (χ4v) is 2.90. The normalized spacial score (nSPS) is 11.5. The average molecular weight is 288 g/mol. The summed E-state index contributed by atoms with van der Waals surface area (Å²) in [6, 6.07) is 1.65. The number of nitrogens with two attached hydrogens (primary N) is 1. The highest BCUT2D eigenvalue weighted by molar-refractivity contribution is 7.89. The van der Waals surface area contributed by atoms with E-state index in [1.807, 2.05) is 0 Å². The van der Waals surface area contributed by atoms with Crippen molar-refractivity contribution in [1.29, 1.82) is 0 Å². The smallest absolute Gasteiger partial charge is 0.246 e. The maximum atomic E-state index is 13.8. The summed E-state index contributed by atoms with van der Waals surface area (Å²) >= 11 is 0. The van der Waals surface area contributed by atoms with E-state index in [0.717, 1.165) is 16.4 Å². The molecule has 0 fully saturated rings. The molecule has 0 bridgehead atoms. The predicted octanol–water partition coefficient (Wildman–Crippen LogP) is 1.91. The number of hydrogen-bond donors (Lipinski definition) is 1. The van der Waals surface area contributed by atoms with Crippen LogP contribution >= 0.6 is 0 Å². The largest absolute Gasteiger partial charge is 0.394 e. The Hall–Kier alpha value is -1.73. The van der Waals surface area contributed by atoms with E-state index in [2.05, 4.69) is 13.2 Å². The van der Waals surface area contributed by atoms with Crippen molar-refractivity contribution in [3.8, 4) is 0 Å². The van der Waals surface area contributed by atoms with Crippen LogP contribution in [0.15, 0.2) is 42.3 Å². The van der Waals surface area contributed by atoms with Crippen molar-refractivity contribution >= 4 is 15.7 Å². The van der Waals surface area contributed by atoms with Crippen LogP contribution in [0.25, 0.3) is 0 Å². The zero-order valence-corrected chi connectivity index (χ0v) is 11.0. The molecule has 2 N–H and O–H groups in total. The van der Waals surface area contributed by atoms with E-state index in [-0.39, 0.29) is 13.1 Å². The quantitative estimate of drug-likeness (QED) is 0.642. The lowest BCUT2D eigenvalue weighted by molar-refractivity contribution is 0.466. The molecule has 0 heterocycles. The van der Waals surface area contributed by atoms with Crippen LogP contribution in [0.5, 0.6) is 0 Å². The molecule has 0 aliphatic carbocycles. The molecule has 0 atom stereocenters. The standard InChI is InChI=1S/C12H14F2N2O2S/c1-3-7-16(8-4-2)19(17,18)10-6-5-9(13)12(15)11(10)14/h3-6H,1-2,7-8,15H2. The second-order valence-corrected chi connectivity index (χ2v) is 5.58. The lowest BCUT2D eigenvalue weighted by atomic mass is 10.3. The van der Waals surface area contributed by atoms with Crippen molar-refractivity contribution in [2.75, 3.05) is 18.8 Å². The van der Waals surface area contributed by atoms with Crippen LogP contribution in [0.1, 0.15) is 0 Å². The number of hydrogen-bond acceptors (Lipinski definition) is 3. The minimum absolute atomic E-state index is 0.0227. The minimum atomic E-state index is -4.13. The molecule has 0 unspecified atom stereocenters. The first-order valence-corrected chi connectivity index (χ1v) is 6.75. The highest BCUT2D eigenvalue weighted by Crippen LogP contribution is 2.25. The molecule has 104 valence electrons. The Morgan fingerprint density at radius 2 is 1.74 bits per heavy atom. The number of halogens is 2. The number of benzene rings is 1. The maximum absolute atomic E-state index is 13.8. The third-order valence-corrected chi connectivity index (χ3v) is 4.22. The van der Waals surface area contributed by atoms with Crippen molar-refractivity contribution < 1.29 is 17.2 Å². The Morgan fingerprint density at radius 1 is 1.21 bits per heavy atom. The van der Waals surface area contributed by atoms with E-state index in [4.69, 9.17) is 5.73 Å². The van der Waals surface area contributed by atoms with Gasteiger partial charge in [0.15, 0.2) is 5.82 Å². The number of rotatable bonds is 6. The van der Waals surface area contributed by atoms with Crippen molar-refractivity contribution in [2.45, 2.75) is 4.90 Å². The molecule has 0 radical (unpaired) electrons. The van der Waals surface area contributed by atoms with E-state index in [0.29, 0.717) is 0 Å². The van der Waals surface area contributed by atoms with Gasteiger partial charge >= 0.3 is 0 Å². The lowest BCUT2D eigenvalue weighted by Gasteiger charge is -2.19. The maximum Gasteiger partial charge on any atom is 0.246 e. The van der Waals surface area contributed by atoms with Gasteiger partial charge in [0, 0.05) is 13.1 Å². The van der Waals surface area contributed by atoms with Crippen LogP contribution in [0, 0.1) is 11.6 Å². The Labute approximate surface area is 110 Å². The summed E-state index contributed by atoms with van der Waals surface area (Å²) in [6.45, 7) is 6.80. The van der Waals surface area contributed by atoms with Gasteiger partial charge in [0.2, 0.25) is 10.0 Å². The summed E-state index contributed by atoms with van der Waals surface area (Å²) < 4.78 is 52.2. The fourth-order valence-electron chi connectivity index (χ4n) is 1.45. The molecule has 0 spiro atoms. The molecule has 0 saturated carbocycles. The zero-order chi connectivity index (χ0) is 14.6. The molecule has 1 aromatic rings. The first kappa shape index (κ1) is 15.3. The van der Waals surface area contributed by atoms with Crippen molar-refractivity contribution in [1.82, 2.24) is 4.31 Å². The number of anilines is 1. The molecule has 0 saturated heterocycles. The summed E-state index contributed by atoms with van der Waals surface area (Å²) in [6.07, 6.45) is 2.71. The molecule has 4 nitrogen and oxygen atoms in total. The van der Waals surface area contributed by atoms with E-state index < -0.39 is 32.2 Å². The second-order valence-electron chi connectivity index (χ2n) is 3.67. The summed E-state index contributed by atoms with van der Waals surface area (Å²) in [5, 5.41) is 0. The molecule has 19 heavy (non-hydrogen) atoms. The molecule has 1 rings (SSSR count). The van der Waals surface area contributed by atoms with Crippen LogP contribution in [0.3, 0.4) is 0 Å². The topological polar surface area (TPSA) is 63.4 Å². The van der Waals surface area contributed by atoms with Gasteiger partial charge < -0.3 is 5.73 Å². The third kappa shape index (κ3) is 2.99. The van der Waals surface area contributed by atoms with Crippen molar-refractivity contribution in [2.24, 2.45) is 0 Å². The highest BCUT2D eigenvalue weighted by Gasteiger charge is 2.27. The number of sulfonamides is 1. The van der Waals surface area contributed by atoms with E-state index in [1.54, 1.807) is 0 Å². The Morgan fingerprint density at radius 3 is 2.21 bits per heavy atom. The van der Waals surface area contributed by atoms with Gasteiger partial charge in [-0.25, -0.2) is 17.2 Å². The van der Waals surface area contributed by atoms with Gasteiger partial charge in [0.1, 0.15) is 16.4 Å². The van der Waals surface area contributed by atoms with Gasteiger partial charge in [0.25, 0.3) is 0 Å². The Kier molecular flexibility index (Phi) is 4.79. The van der Waals surface area contributed by atoms with Crippen LogP contribution in [0.4, 0.5) is 14.5 Å². The Balaban J connectivity index is 3.37. The van der Waals surface area contributed by atoms with Gasteiger partial charge in [-0.2, -0.15) is 4.31 Å². The molecular weight excluding hydrogens is 274 g/mol. The number of nitrogens with zero attached hydrogens (tertiary/aromatic N) is 1. The summed E-state index contributed by atoms with van der Waals surface area (Å²) in [7, 11) is -4.13. The monoisotopic (exact) mass is 288 g/mol. The van der Waals surface area contributed by atoms with Gasteiger partial charge in [-0.15, -0.1) is 13.2 Å². The molecule has 7 heteroatoms. The SMILES string of the molecule is C=CCN(CC=C)S(=O)(=O)c1ccc(F)c(N)c1F. The van der Waals surface area contributed by atoms with Gasteiger partial charge in [-0.05, 0) is 12.1 Å². The third-order valence-electron chi connectivity index (χ3n) is 2.37. The van der Waals surface area contributed by atoms with Gasteiger partial charge in [-0.3, -0.25) is 0 Å². The second kappa shape index (κ2) is 5.94. The van der Waals surface area contributed by atoms with Crippen molar-refractivity contribution in [3.63, 3.8) is 0 Å². The van der Waals surface area contributed by atoms with Crippen molar-refractivity contribution in [3.05, 3.63) is 49.1 Å². The van der Waals surface area contributed by atoms with Gasteiger partial charge in [0.05, 0.1) is 0 Å². The van der Waals surface area contributed by atoms with Gasteiger partial charge in [-0.1, -0.05) is 12.2 Å². The Bertz CT molecular complexity index is 590. The van der Waals surface area contributed by atoms with Crippen LogP contribution < -0.4 is 5.73 Å². The lowest BCUT2D eigenvalue weighted by Crippen LogP contribution is -2.32. The molecule has 0 aromatic heterocycles. The predicted molar refractivity (Wildman–Crippen MR) is 69.9 cm³/mol. The molecular formula is C12H14F2N2O2S. The van der Waals surface area contributed by atoms with E-state index in [9.17, 15) is 17.2 Å². The number of nitrogen functional groups attached to an aromatic ring is 1. The molecule has 1 aromatic carbocycles. The summed E-state index contributed by atoms with van der Waals surface area (Å²) in [5.41, 5.74) is 4.33. The average Bonchev–Trinajstić information content (AvgIpc) is 2.35. The summed E-state index contributed by atoms with van der Waals surface area (Å²) in [5.74, 6) is -2.30. The van der Waals surface area contributed by atoms with Crippen LogP contribution in [-0.2, 0) is 10.0 Å². The molecule has 0 amide bonds. The first-order chi connectivity index (χ1) is 8.86. The summed E-state index contributed by atoms with van der Waals surface area (Å²) in [4.78, 5) is -0.671.